The Hall–Kier alpha value is -1.18. The second-order valence-corrected chi connectivity index (χ2v) is 7.98. The van der Waals surface area contributed by atoms with Crippen LogP contribution in [-0.2, 0) is 10.0 Å². The highest BCUT2D eigenvalue weighted by Crippen LogP contribution is 2.31. The summed E-state index contributed by atoms with van der Waals surface area (Å²) in [6, 6.07) is 3.60. The zero-order valence-electron chi connectivity index (χ0n) is 11.8. The molecule has 21 heavy (non-hydrogen) atoms. The van der Waals surface area contributed by atoms with E-state index < -0.39 is 20.6 Å². The summed E-state index contributed by atoms with van der Waals surface area (Å²) in [5.74, 6) is 0.539. The van der Waals surface area contributed by atoms with Crippen molar-refractivity contribution in [2.45, 2.75) is 25.2 Å². The van der Waals surface area contributed by atoms with Gasteiger partial charge in [-0.15, -0.1) is 0 Å². The van der Waals surface area contributed by atoms with Gasteiger partial charge in [-0.1, -0.05) is 25.4 Å². The Bertz CT molecular complexity index is 652. The molecule has 1 aromatic rings. The minimum Gasteiger partial charge on any atom is -0.258 e. The predicted octanol–water partition coefficient (Wildman–Crippen LogP) is 2.91. The first kappa shape index (κ1) is 16.2. The topological polar surface area (TPSA) is 80.5 Å². The molecule has 0 N–H and O–H groups in total. The Kier molecular flexibility index (Phi) is 4.55. The van der Waals surface area contributed by atoms with Gasteiger partial charge in [0.05, 0.1) is 9.82 Å². The van der Waals surface area contributed by atoms with Gasteiger partial charge in [-0.3, -0.25) is 10.1 Å². The summed E-state index contributed by atoms with van der Waals surface area (Å²) in [6.07, 6.45) is 0.979. The normalized spacial score (nSPS) is 24.0. The second-order valence-electron chi connectivity index (χ2n) is 5.64. The molecule has 0 aliphatic carbocycles. The summed E-state index contributed by atoms with van der Waals surface area (Å²) in [6.45, 7) is 4.87. The number of benzene rings is 1. The largest absolute Gasteiger partial charge is 0.289 e. The number of nitrogens with zero attached hydrogens (tertiary/aromatic N) is 2. The van der Waals surface area contributed by atoms with Crippen LogP contribution in [0.1, 0.15) is 20.3 Å². The van der Waals surface area contributed by atoms with Gasteiger partial charge in [0.15, 0.2) is 0 Å². The summed E-state index contributed by atoms with van der Waals surface area (Å²) in [5, 5.41) is 10.8. The van der Waals surface area contributed by atoms with Crippen molar-refractivity contribution >= 4 is 27.3 Å². The van der Waals surface area contributed by atoms with Crippen LogP contribution in [0.5, 0.6) is 0 Å². The third kappa shape index (κ3) is 3.36. The summed E-state index contributed by atoms with van der Waals surface area (Å²) in [4.78, 5) is 10.1. The minimum atomic E-state index is -3.73. The Morgan fingerprint density at radius 3 is 2.38 bits per heavy atom. The molecular weight excluding hydrogens is 316 g/mol. The van der Waals surface area contributed by atoms with E-state index >= 15 is 0 Å². The number of hydrogen-bond donors (Lipinski definition) is 0. The fourth-order valence-electron chi connectivity index (χ4n) is 2.74. The van der Waals surface area contributed by atoms with E-state index in [9.17, 15) is 18.5 Å². The van der Waals surface area contributed by atoms with Gasteiger partial charge in [0.25, 0.3) is 5.69 Å². The van der Waals surface area contributed by atoms with Crippen molar-refractivity contribution in [3.8, 4) is 0 Å². The molecule has 0 spiro atoms. The molecule has 1 saturated heterocycles. The Balaban J connectivity index is 2.40. The first-order chi connectivity index (χ1) is 9.71. The number of hydrogen-bond acceptors (Lipinski definition) is 4. The zero-order valence-corrected chi connectivity index (χ0v) is 13.4. The summed E-state index contributed by atoms with van der Waals surface area (Å²) in [7, 11) is -3.73. The maximum absolute atomic E-state index is 12.6. The van der Waals surface area contributed by atoms with Gasteiger partial charge in [0, 0.05) is 19.2 Å². The number of rotatable bonds is 3. The van der Waals surface area contributed by atoms with Crippen LogP contribution in [0.15, 0.2) is 23.1 Å². The van der Waals surface area contributed by atoms with E-state index in [0.717, 1.165) is 12.5 Å². The van der Waals surface area contributed by atoms with Crippen LogP contribution >= 0.6 is 11.6 Å². The van der Waals surface area contributed by atoms with Gasteiger partial charge in [-0.25, -0.2) is 8.42 Å². The molecule has 6 nitrogen and oxygen atoms in total. The van der Waals surface area contributed by atoms with Gasteiger partial charge in [-0.2, -0.15) is 4.31 Å². The molecule has 1 aliphatic rings. The lowest BCUT2D eigenvalue weighted by Gasteiger charge is -2.34. The van der Waals surface area contributed by atoms with Crippen molar-refractivity contribution in [2.75, 3.05) is 13.1 Å². The van der Waals surface area contributed by atoms with E-state index in [1.807, 2.05) is 13.8 Å². The fraction of sp³-hybridized carbons (Fsp3) is 0.538. The first-order valence-electron chi connectivity index (χ1n) is 6.66. The summed E-state index contributed by atoms with van der Waals surface area (Å²) >= 11 is 5.72. The number of halogens is 1. The Morgan fingerprint density at radius 1 is 1.29 bits per heavy atom. The highest BCUT2D eigenvalue weighted by molar-refractivity contribution is 7.89. The number of sulfonamides is 1. The molecule has 0 bridgehead atoms. The smallest absolute Gasteiger partial charge is 0.258 e. The molecule has 116 valence electrons. The Labute approximate surface area is 128 Å². The van der Waals surface area contributed by atoms with Crippen LogP contribution in [-0.4, -0.2) is 30.7 Å². The highest BCUT2D eigenvalue weighted by Gasteiger charge is 2.32. The molecule has 1 fully saturated rings. The molecular formula is C13H17ClN2O4S. The van der Waals surface area contributed by atoms with Crippen LogP contribution in [0.3, 0.4) is 0 Å². The molecule has 2 rings (SSSR count). The molecule has 8 heteroatoms. The molecule has 0 amide bonds. The van der Waals surface area contributed by atoms with Crippen LogP contribution in [0.4, 0.5) is 5.69 Å². The molecule has 1 heterocycles. The number of nitro groups is 1. The van der Waals surface area contributed by atoms with Crippen LogP contribution < -0.4 is 0 Å². The molecule has 2 atom stereocenters. The minimum absolute atomic E-state index is 0.0701. The standard InChI is InChI=1S/C13H17ClN2O4S/c1-9-5-10(2)8-15(7-9)21(19,20)11-3-4-12(14)13(6-11)16(17)18/h3-4,6,9-10H,5,7-8H2,1-2H3/t9-,10-/m0/s1. The first-order valence-corrected chi connectivity index (χ1v) is 8.47. The Morgan fingerprint density at radius 2 is 1.86 bits per heavy atom. The van der Waals surface area contributed by atoms with Crippen molar-refractivity contribution in [3.05, 3.63) is 33.3 Å². The van der Waals surface area contributed by atoms with E-state index in [1.165, 1.54) is 16.4 Å². The lowest BCUT2D eigenvalue weighted by molar-refractivity contribution is -0.384. The van der Waals surface area contributed by atoms with E-state index in [1.54, 1.807) is 0 Å². The van der Waals surface area contributed by atoms with Crippen molar-refractivity contribution < 1.29 is 13.3 Å². The van der Waals surface area contributed by atoms with Crippen molar-refractivity contribution in [1.29, 1.82) is 0 Å². The maximum atomic E-state index is 12.6. The van der Waals surface area contributed by atoms with Crippen LogP contribution in [0.2, 0.25) is 5.02 Å². The molecule has 0 saturated carbocycles. The highest BCUT2D eigenvalue weighted by atomic mass is 35.5. The van der Waals surface area contributed by atoms with Crippen LogP contribution in [0.25, 0.3) is 0 Å². The van der Waals surface area contributed by atoms with Gasteiger partial charge in [0.1, 0.15) is 5.02 Å². The van der Waals surface area contributed by atoms with Gasteiger partial charge >= 0.3 is 0 Å². The number of piperidine rings is 1. The van der Waals surface area contributed by atoms with Gasteiger partial charge < -0.3 is 0 Å². The average Bonchev–Trinajstić information content (AvgIpc) is 2.37. The molecule has 1 aromatic carbocycles. The van der Waals surface area contributed by atoms with Crippen molar-refractivity contribution in [3.63, 3.8) is 0 Å². The monoisotopic (exact) mass is 332 g/mol. The van der Waals surface area contributed by atoms with E-state index in [-0.39, 0.29) is 21.8 Å². The number of nitro benzene ring substituents is 1. The van der Waals surface area contributed by atoms with Crippen molar-refractivity contribution in [2.24, 2.45) is 11.8 Å². The third-order valence-electron chi connectivity index (χ3n) is 3.59. The lowest BCUT2D eigenvalue weighted by atomic mass is 9.94. The second kappa shape index (κ2) is 5.90. The third-order valence-corrected chi connectivity index (χ3v) is 5.73. The molecule has 0 aromatic heterocycles. The van der Waals surface area contributed by atoms with E-state index in [2.05, 4.69) is 0 Å². The quantitative estimate of drug-likeness (QED) is 0.629. The maximum Gasteiger partial charge on any atom is 0.289 e. The van der Waals surface area contributed by atoms with Crippen LogP contribution in [0, 0.1) is 22.0 Å². The zero-order chi connectivity index (χ0) is 15.8. The van der Waals surface area contributed by atoms with E-state index in [0.29, 0.717) is 13.1 Å². The molecule has 1 aliphatic heterocycles. The SMILES string of the molecule is C[C@H]1C[C@H](C)CN(S(=O)(=O)c2ccc(Cl)c([N+](=O)[O-])c2)C1. The van der Waals surface area contributed by atoms with Gasteiger partial charge in [-0.05, 0) is 30.4 Å². The molecule has 0 unspecified atom stereocenters. The predicted molar refractivity (Wildman–Crippen MR) is 79.8 cm³/mol. The fourth-order valence-corrected chi connectivity index (χ4v) is 4.63. The summed E-state index contributed by atoms with van der Waals surface area (Å²) < 4.78 is 26.7. The van der Waals surface area contributed by atoms with E-state index in [4.69, 9.17) is 11.6 Å². The lowest BCUT2D eigenvalue weighted by Crippen LogP contribution is -2.42. The van der Waals surface area contributed by atoms with Crippen molar-refractivity contribution in [1.82, 2.24) is 4.31 Å². The average molecular weight is 333 g/mol. The molecule has 0 radical (unpaired) electrons. The van der Waals surface area contributed by atoms with Gasteiger partial charge in [0.2, 0.25) is 10.0 Å². The summed E-state index contributed by atoms with van der Waals surface area (Å²) in [5.41, 5.74) is -0.393.